The van der Waals surface area contributed by atoms with Gasteiger partial charge >= 0.3 is 5.97 Å². The van der Waals surface area contributed by atoms with E-state index in [9.17, 15) is 4.79 Å². The van der Waals surface area contributed by atoms with E-state index in [2.05, 4.69) is 21.2 Å². The summed E-state index contributed by atoms with van der Waals surface area (Å²) in [6.45, 7) is 1.36. The largest absolute Gasteiger partial charge is 0.497 e. The molecule has 0 spiro atoms. The van der Waals surface area contributed by atoms with Gasteiger partial charge in [-0.1, -0.05) is 34.1 Å². The van der Waals surface area contributed by atoms with Crippen LogP contribution in [0.5, 0.6) is 5.75 Å². The summed E-state index contributed by atoms with van der Waals surface area (Å²) in [5.41, 5.74) is 2.42. The van der Waals surface area contributed by atoms with Crippen molar-refractivity contribution in [1.82, 2.24) is 5.32 Å². The number of ether oxygens (including phenoxy) is 1. The predicted molar refractivity (Wildman–Crippen MR) is 84.6 cm³/mol. The van der Waals surface area contributed by atoms with Crippen LogP contribution in [-0.2, 0) is 13.1 Å². The molecule has 4 nitrogen and oxygen atoms in total. The second-order valence-corrected chi connectivity index (χ2v) is 5.42. The van der Waals surface area contributed by atoms with Gasteiger partial charge in [-0.2, -0.15) is 0 Å². The summed E-state index contributed by atoms with van der Waals surface area (Å²) in [6.07, 6.45) is 0. The van der Waals surface area contributed by atoms with Gasteiger partial charge in [-0.05, 0) is 35.4 Å². The van der Waals surface area contributed by atoms with E-state index in [1.807, 2.05) is 30.3 Å². The van der Waals surface area contributed by atoms with Gasteiger partial charge in [0.2, 0.25) is 0 Å². The molecule has 0 amide bonds. The molecule has 2 aromatic rings. The standard InChI is InChI=1S/C16H16BrNO3/c1-21-14-4-2-3-11(7-14)9-18-10-13-6-5-12(16(19)20)8-15(13)17/h2-8,18H,9-10H2,1H3,(H,19,20). The Morgan fingerprint density at radius 2 is 2.05 bits per heavy atom. The van der Waals surface area contributed by atoms with Crippen molar-refractivity contribution in [3.05, 3.63) is 63.6 Å². The molecule has 0 heterocycles. The van der Waals surface area contributed by atoms with Crippen LogP contribution in [0, 0.1) is 0 Å². The van der Waals surface area contributed by atoms with Gasteiger partial charge in [-0.3, -0.25) is 0 Å². The van der Waals surface area contributed by atoms with Crippen molar-refractivity contribution >= 4 is 21.9 Å². The van der Waals surface area contributed by atoms with E-state index in [-0.39, 0.29) is 5.56 Å². The van der Waals surface area contributed by atoms with Crippen LogP contribution in [-0.4, -0.2) is 18.2 Å². The maximum Gasteiger partial charge on any atom is 0.335 e. The van der Waals surface area contributed by atoms with Crippen LogP contribution in [0.3, 0.4) is 0 Å². The molecule has 0 aliphatic heterocycles. The molecule has 110 valence electrons. The number of hydrogen-bond acceptors (Lipinski definition) is 3. The highest BCUT2D eigenvalue weighted by atomic mass is 79.9. The van der Waals surface area contributed by atoms with E-state index in [1.165, 1.54) is 0 Å². The molecule has 21 heavy (non-hydrogen) atoms. The topological polar surface area (TPSA) is 58.6 Å². The number of rotatable bonds is 6. The van der Waals surface area contributed by atoms with Gasteiger partial charge in [0.05, 0.1) is 12.7 Å². The third-order valence-electron chi connectivity index (χ3n) is 3.08. The Kier molecular flexibility index (Phi) is 5.36. The monoisotopic (exact) mass is 349 g/mol. The molecule has 2 N–H and O–H groups in total. The van der Waals surface area contributed by atoms with E-state index < -0.39 is 5.97 Å². The smallest absolute Gasteiger partial charge is 0.335 e. The molecule has 0 fully saturated rings. The number of carbonyl (C=O) groups is 1. The molecule has 0 aromatic heterocycles. The normalized spacial score (nSPS) is 10.4. The van der Waals surface area contributed by atoms with Crippen molar-refractivity contribution < 1.29 is 14.6 Å². The van der Waals surface area contributed by atoms with Crippen molar-refractivity contribution in [3.63, 3.8) is 0 Å². The molecule has 0 aliphatic rings. The Labute approximate surface area is 131 Å². The summed E-state index contributed by atoms with van der Waals surface area (Å²) in [5, 5.41) is 12.3. The average molecular weight is 350 g/mol. The lowest BCUT2D eigenvalue weighted by Crippen LogP contribution is -2.13. The number of carboxylic acid groups (broad SMARTS) is 1. The number of methoxy groups -OCH3 is 1. The van der Waals surface area contributed by atoms with Crippen molar-refractivity contribution in [2.45, 2.75) is 13.1 Å². The van der Waals surface area contributed by atoms with E-state index in [4.69, 9.17) is 9.84 Å². The minimum atomic E-state index is -0.924. The molecular formula is C16H16BrNO3. The fourth-order valence-corrected chi connectivity index (χ4v) is 2.47. The fraction of sp³-hybridized carbons (Fsp3) is 0.188. The number of hydrogen-bond donors (Lipinski definition) is 2. The van der Waals surface area contributed by atoms with Gasteiger partial charge in [0, 0.05) is 17.6 Å². The zero-order valence-corrected chi connectivity index (χ0v) is 13.2. The SMILES string of the molecule is COc1cccc(CNCc2ccc(C(=O)O)cc2Br)c1. The van der Waals surface area contributed by atoms with Crippen molar-refractivity contribution in [2.24, 2.45) is 0 Å². The lowest BCUT2D eigenvalue weighted by Gasteiger charge is -2.09. The quantitative estimate of drug-likeness (QED) is 0.838. The summed E-state index contributed by atoms with van der Waals surface area (Å²) in [6, 6.07) is 12.9. The number of benzene rings is 2. The van der Waals surface area contributed by atoms with Crippen LogP contribution in [0.4, 0.5) is 0 Å². The summed E-state index contributed by atoms with van der Waals surface area (Å²) < 4.78 is 5.98. The molecule has 0 aliphatic carbocycles. The summed E-state index contributed by atoms with van der Waals surface area (Å²) in [5.74, 6) is -0.0899. The molecule has 0 unspecified atom stereocenters. The van der Waals surface area contributed by atoms with Crippen molar-refractivity contribution in [3.8, 4) is 5.75 Å². The Morgan fingerprint density at radius 3 is 2.71 bits per heavy atom. The van der Waals surface area contributed by atoms with E-state index in [0.717, 1.165) is 21.3 Å². The molecule has 2 rings (SSSR count). The molecule has 0 saturated heterocycles. The highest BCUT2D eigenvalue weighted by Crippen LogP contribution is 2.19. The second kappa shape index (κ2) is 7.24. The van der Waals surface area contributed by atoms with E-state index in [1.54, 1.807) is 19.2 Å². The number of aromatic carboxylic acids is 1. The molecule has 5 heteroatoms. The first-order valence-electron chi connectivity index (χ1n) is 6.45. The highest BCUT2D eigenvalue weighted by molar-refractivity contribution is 9.10. The third kappa shape index (κ3) is 4.31. The maximum absolute atomic E-state index is 10.9. The minimum Gasteiger partial charge on any atom is -0.497 e. The van der Waals surface area contributed by atoms with Crippen LogP contribution < -0.4 is 10.1 Å². The predicted octanol–water partition coefficient (Wildman–Crippen LogP) is 3.45. The molecule has 0 saturated carbocycles. The van der Waals surface area contributed by atoms with Crippen LogP contribution >= 0.6 is 15.9 Å². The number of carboxylic acids is 1. The Bertz CT molecular complexity index is 643. The Morgan fingerprint density at radius 1 is 1.24 bits per heavy atom. The molecule has 0 atom stereocenters. The lowest BCUT2D eigenvalue weighted by atomic mass is 10.1. The summed E-state index contributed by atoms with van der Waals surface area (Å²) in [4.78, 5) is 10.9. The van der Waals surface area contributed by atoms with Gasteiger partial charge in [0.1, 0.15) is 5.75 Å². The minimum absolute atomic E-state index is 0.276. The fourth-order valence-electron chi connectivity index (χ4n) is 1.95. The van der Waals surface area contributed by atoms with Crippen LogP contribution in [0.1, 0.15) is 21.5 Å². The first-order chi connectivity index (χ1) is 10.1. The first kappa shape index (κ1) is 15.5. The highest BCUT2D eigenvalue weighted by Gasteiger charge is 2.06. The van der Waals surface area contributed by atoms with Crippen LogP contribution in [0.2, 0.25) is 0 Å². The van der Waals surface area contributed by atoms with Crippen LogP contribution in [0.15, 0.2) is 46.9 Å². The molecular weight excluding hydrogens is 334 g/mol. The molecule has 0 bridgehead atoms. The van der Waals surface area contributed by atoms with Gasteiger partial charge in [-0.25, -0.2) is 4.79 Å². The van der Waals surface area contributed by atoms with Gasteiger partial charge < -0.3 is 15.2 Å². The van der Waals surface area contributed by atoms with Crippen molar-refractivity contribution in [1.29, 1.82) is 0 Å². The zero-order chi connectivity index (χ0) is 15.2. The molecule has 0 radical (unpaired) electrons. The zero-order valence-electron chi connectivity index (χ0n) is 11.6. The third-order valence-corrected chi connectivity index (χ3v) is 3.82. The average Bonchev–Trinajstić information content (AvgIpc) is 2.49. The van der Waals surface area contributed by atoms with Crippen LogP contribution in [0.25, 0.3) is 0 Å². The Hall–Kier alpha value is -1.85. The van der Waals surface area contributed by atoms with Gasteiger partial charge in [0.25, 0.3) is 0 Å². The molecule has 2 aromatic carbocycles. The maximum atomic E-state index is 10.9. The van der Waals surface area contributed by atoms with Gasteiger partial charge in [0.15, 0.2) is 0 Å². The van der Waals surface area contributed by atoms with Crippen molar-refractivity contribution in [2.75, 3.05) is 7.11 Å². The first-order valence-corrected chi connectivity index (χ1v) is 7.25. The lowest BCUT2D eigenvalue weighted by molar-refractivity contribution is 0.0697. The number of nitrogens with one attached hydrogen (secondary N) is 1. The van der Waals surface area contributed by atoms with E-state index in [0.29, 0.717) is 13.1 Å². The van der Waals surface area contributed by atoms with E-state index >= 15 is 0 Å². The Balaban J connectivity index is 1.95. The second-order valence-electron chi connectivity index (χ2n) is 4.57. The number of halogens is 1. The summed E-state index contributed by atoms with van der Waals surface area (Å²) >= 11 is 3.40. The summed E-state index contributed by atoms with van der Waals surface area (Å²) in [7, 11) is 1.65. The van der Waals surface area contributed by atoms with Gasteiger partial charge in [-0.15, -0.1) is 0 Å².